The molecule has 0 radical (unpaired) electrons. The quantitative estimate of drug-likeness (QED) is 0.794. The Morgan fingerprint density at radius 3 is 2.32 bits per heavy atom. The molecule has 0 fully saturated rings. The molecule has 2 heterocycles. The number of fused-ring (bicyclic) bond motifs is 3. The van der Waals surface area contributed by atoms with Crippen molar-refractivity contribution in [1.29, 1.82) is 0 Å². The lowest BCUT2D eigenvalue weighted by molar-refractivity contribution is 0.0878. The largest absolute Gasteiger partial charge is 0.287 e. The van der Waals surface area contributed by atoms with Crippen molar-refractivity contribution in [3.8, 4) is 0 Å². The van der Waals surface area contributed by atoms with Gasteiger partial charge in [0, 0.05) is 11.1 Å². The van der Waals surface area contributed by atoms with Crippen LogP contribution in [0.5, 0.6) is 0 Å². The third kappa shape index (κ3) is 1.56. The number of imide groups is 1. The van der Waals surface area contributed by atoms with Crippen LogP contribution in [0.2, 0.25) is 0 Å². The van der Waals surface area contributed by atoms with Gasteiger partial charge >= 0.3 is 0 Å². The molecule has 2 aromatic rings. The molecule has 0 atom stereocenters. The van der Waals surface area contributed by atoms with E-state index in [1.54, 1.807) is 0 Å². The van der Waals surface area contributed by atoms with Crippen LogP contribution < -0.4 is 5.32 Å². The Kier molecular flexibility index (Phi) is 2.42. The number of pyridine rings is 1. The van der Waals surface area contributed by atoms with Crippen molar-refractivity contribution < 1.29 is 9.59 Å². The Morgan fingerprint density at radius 2 is 1.68 bits per heavy atom. The maximum absolute atomic E-state index is 11.9. The molecule has 4 heteroatoms. The summed E-state index contributed by atoms with van der Waals surface area (Å²) >= 11 is 0. The molecule has 0 bridgehead atoms. The second-order valence-electron chi connectivity index (χ2n) is 4.90. The van der Waals surface area contributed by atoms with Gasteiger partial charge in [-0.25, -0.2) is 4.98 Å². The zero-order valence-corrected chi connectivity index (χ0v) is 11.1. The monoisotopic (exact) mass is 254 g/mol. The lowest BCUT2D eigenvalue weighted by Crippen LogP contribution is -2.20. The number of nitrogens with zero attached hydrogens (tertiary/aromatic N) is 1. The van der Waals surface area contributed by atoms with Gasteiger partial charge < -0.3 is 0 Å². The van der Waals surface area contributed by atoms with Crippen LogP contribution in [0.1, 0.15) is 44.6 Å². The number of hydrogen-bond donors (Lipinski definition) is 1. The number of amides is 2. The van der Waals surface area contributed by atoms with Gasteiger partial charge in [-0.1, -0.05) is 13.0 Å². The number of rotatable bonds is 1. The zero-order chi connectivity index (χ0) is 13.7. The van der Waals surface area contributed by atoms with Crippen molar-refractivity contribution in [3.05, 3.63) is 40.2 Å². The molecule has 0 unspecified atom stereocenters. The van der Waals surface area contributed by atoms with Gasteiger partial charge in [-0.2, -0.15) is 0 Å². The Hall–Kier alpha value is -2.23. The Balaban J connectivity index is 2.51. The molecule has 1 aliphatic rings. The zero-order valence-electron chi connectivity index (χ0n) is 11.1. The standard InChI is InChI=1S/C15H14N2O2/c1-4-11-9-5-7(2)8(3)6-10(9)12-13(16-11)15(19)17-14(12)18/h5-6H,4H2,1-3H3,(H,17,18,19). The molecular formula is C15H14N2O2. The summed E-state index contributed by atoms with van der Waals surface area (Å²) in [5, 5.41) is 4.11. The van der Waals surface area contributed by atoms with Crippen LogP contribution >= 0.6 is 0 Å². The summed E-state index contributed by atoms with van der Waals surface area (Å²) in [6.07, 6.45) is 0.730. The minimum absolute atomic E-state index is 0.262. The summed E-state index contributed by atoms with van der Waals surface area (Å²) in [6, 6.07) is 4.02. The van der Waals surface area contributed by atoms with Crippen molar-refractivity contribution >= 4 is 22.6 Å². The van der Waals surface area contributed by atoms with Crippen LogP contribution in [-0.2, 0) is 6.42 Å². The summed E-state index contributed by atoms with van der Waals surface area (Å²) in [6.45, 7) is 6.03. The van der Waals surface area contributed by atoms with E-state index < -0.39 is 5.91 Å². The average Bonchev–Trinajstić information content (AvgIpc) is 2.65. The van der Waals surface area contributed by atoms with Crippen molar-refractivity contribution in [2.45, 2.75) is 27.2 Å². The molecular weight excluding hydrogens is 240 g/mol. The van der Waals surface area contributed by atoms with Gasteiger partial charge in [0.25, 0.3) is 11.8 Å². The van der Waals surface area contributed by atoms with Crippen LogP contribution in [0.3, 0.4) is 0 Å². The predicted octanol–water partition coefficient (Wildman–Crippen LogP) is 2.30. The normalized spacial score (nSPS) is 13.8. The van der Waals surface area contributed by atoms with Crippen molar-refractivity contribution in [1.82, 2.24) is 10.3 Å². The number of carbonyl (C=O) groups excluding carboxylic acids is 2. The van der Waals surface area contributed by atoms with Gasteiger partial charge in [0.2, 0.25) is 0 Å². The average molecular weight is 254 g/mol. The van der Waals surface area contributed by atoms with E-state index in [4.69, 9.17) is 0 Å². The molecule has 2 amide bonds. The molecule has 1 aromatic carbocycles. The Morgan fingerprint density at radius 1 is 1.05 bits per heavy atom. The minimum atomic E-state index is -0.394. The van der Waals surface area contributed by atoms with Crippen LogP contribution in [0, 0.1) is 13.8 Å². The first-order valence-corrected chi connectivity index (χ1v) is 6.32. The minimum Gasteiger partial charge on any atom is -0.287 e. The molecule has 4 nitrogen and oxygen atoms in total. The molecule has 19 heavy (non-hydrogen) atoms. The second-order valence-corrected chi connectivity index (χ2v) is 4.90. The van der Waals surface area contributed by atoms with Crippen molar-refractivity contribution in [3.63, 3.8) is 0 Å². The molecule has 1 aromatic heterocycles. The number of hydrogen-bond acceptors (Lipinski definition) is 3. The second kappa shape index (κ2) is 3.88. The third-order valence-electron chi connectivity index (χ3n) is 3.70. The van der Waals surface area contributed by atoms with Crippen LogP contribution in [0.4, 0.5) is 0 Å². The first-order valence-electron chi connectivity index (χ1n) is 6.32. The summed E-state index contributed by atoms with van der Waals surface area (Å²) in [5.74, 6) is -0.738. The lowest BCUT2D eigenvalue weighted by Gasteiger charge is -2.10. The van der Waals surface area contributed by atoms with E-state index in [9.17, 15) is 9.59 Å². The van der Waals surface area contributed by atoms with Gasteiger partial charge in [0.15, 0.2) is 0 Å². The van der Waals surface area contributed by atoms with Crippen LogP contribution in [0.15, 0.2) is 12.1 Å². The van der Waals surface area contributed by atoms with E-state index in [0.29, 0.717) is 5.56 Å². The van der Waals surface area contributed by atoms with E-state index in [0.717, 1.165) is 34.0 Å². The number of nitrogens with one attached hydrogen (secondary N) is 1. The van der Waals surface area contributed by atoms with E-state index in [-0.39, 0.29) is 11.6 Å². The van der Waals surface area contributed by atoms with Gasteiger partial charge in [0.1, 0.15) is 5.69 Å². The third-order valence-corrected chi connectivity index (χ3v) is 3.70. The molecule has 1 N–H and O–H groups in total. The smallest absolute Gasteiger partial charge is 0.277 e. The molecule has 0 spiro atoms. The fraction of sp³-hybridized carbons (Fsp3) is 0.267. The fourth-order valence-electron chi connectivity index (χ4n) is 2.53. The van der Waals surface area contributed by atoms with E-state index >= 15 is 0 Å². The summed E-state index contributed by atoms with van der Waals surface area (Å²) in [7, 11) is 0. The van der Waals surface area contributed by atoms with Crippen molar-refractivity contribution in [2.75, 3.05) is 0 Å². The maximum Gasteiger partial charge on any atom is 0.277 e. The number of aromatic nitrogens is 1. The highest BCUT2D eigenvalue weighted by molar-refractivity contribution is 6.25. The SMILES string of the molecule is CCc1nc2c(c3cc(C)c(C)cc13)C(=O)NC2=O. The molecule has 0 aliphatic carbocycles. The van der Waals surface area contributed by atoms with Crippen molar-refractivity contribution in [2.24, 2.45) is 0 Å². The molecule has 96 valence electrons. The first kappa shape index (κ1) is 11.8. The molecule has 0 saturated carbocycles. The fourth-order valence-corrected chi connectivity index (χ4v) is 2.53. The lowest BCUT2D eigenvalue weighted by atomic mass is 9.97. The number of aryl methyl sites for hydroxylation is 3. The maximum atomic E-state index is 11.9. The Bertz CT molecular complexity index is 748. The highest BCUT2D eigenvalue weighted by Crippen LogP contribution is 2.29. The van der Waals surface area contributed by atoms with Gasteiger partial charge in [-0.3, -0.25) is 14.9 Å². The molecule has 3 rings (SSSR count). The first-order chi connectivity index (χ1) is 9.02. The van der Waals surface area contributed by atoms with E-state index in [1.807, 2.05) is 32.9 Å². The number of carbonyl (C=O) groups is 2. The predicted molar refractivity (Wildman–Crippen MR) is 72.4 cm³/mol. The van der Waals surface area contributed by atoms with Crippen LogP contribution in [0.25, 0.3) is 10.8 Å². The topological polar surface area (TPSA) is 59.1 Å². The van der Waals surface area contributed by atoms with Gasteiger partial charge in [0.05, 0.1) is 5.56 Å². The highest BCUT2D eigenvalue weighted by Gasteiger charge is 2.31. The molecule has 1 aliphatic heterocycles. The van der Waals surface area contributed by atoms with Gasteiger partial charge in [-0.05, 0) is 42.8 Å². The van der Waals surface area contributed by atoms with Crippen LogP contribution in [-0.4, -0.2) is 16.8 Å². The van der Waals surface area contributed by atoms with E-state index in [1.165, 1.54) is 0 Å². The molecule has 0 saturated heterocycles. The summed E-state index contributed by atoms with van der Waals surface area (Å²) in [5.41, 5.74) is 3.81. The van der Waals surface area contributed by atoms with E-state index in [2.05, 4.69) is 10.3 Å². The van der Waals surface area contributed by atoms with Gasteiger partial charge in [-0.15, -0.1) is 0 Å². The number of benzene rings is 1. The highest BCUT2D eigenvalue weighted by atomic mass is 16.2. The summed E-state index contributed by atoms with van der Waals surface area (Å²) < 4.78 is 0. The summed E-state index contributed by atoms with van der Waals surface area (Å²) in [4.78, 5) is 28.0. The Labute approximate surface area is 110 Å².